The van der Waals surface area contributed by atoms with E-state index in [0.29, 0.717) is 30.2 Å². The Morgan fingerprint density at radius 2 is 1.73 bits per heavy atom. The van der Waals surface area contributed by atoms with Crippen molar-refractivity contribution in [2.45, 2.75) is 12.6 Å². The van der Waals surface area contributed by atoms with Gasteiger partial charge in [-0.3, -0.25) is 0 Å². The van der Waals surface area contributed by atoms with Crippen LogP contribution in [0.25, 0.3) is 0 Å². The monoisotopic (exact) mass is 305 g/mol. The molecule has 0 heterocycles. The van der Waals surface area contributed by atoms with Gasteiger partial charge in [-0.05, 0) is 35.4 Å². The predicted octanol–water partition coefficient (Wildman–Crippen LogP) is 2.67. The SMILES string of the molecule is COc1ccc(CNCC(O)c2ccc(F)cc2)cc1OC. The first-order chi connectivity index (χ1) is 10.6. The van der Waals surface area contributed by atoms with Gasteiger partial charge in [0, 0.05) is 13.1 Å². The summed E-state index contributed by atoms with van der Waals surface area (Å²) in [7, 11) is 3.18. The lowest BCUT2D eigenvalue weighted by Gasteiger charge is -2.13. The number of aliphatic hydroxyl groups is 1. The van der Waals surface area contributed by atoms with Gasteiger partial charge in [0.1, 0.15) is 5.82 Å². The second kappa shape index (κ2) is 7.77. The zero-order valence-electron chi connectivity index (χ0n) is 12.7. The minimum Gasteiger partial charge on any atom is -0.493 e. The molecule has 0 saturated carbocycles. The second-order valence-corrected chi connectivity index (χ2v) is 4.89. The van der Waals surface area contributed by atoms with Crippen LogP contribution in [0.4, 0.5) is 4.39 Å². The molecule has 0 spiro atoms. The highest BCUT2D eigenvalue weighted by Gasteiger charge is 2.08. The van der Waals surface area contributed by atoms with Crippen LogP contribution >= 0.6 is 0 Å². The maximum Gasteiger partial charge on any atom is 0.161 e. The van der Waals surface area contributed by atoms with Crippen molar-refractivity contribution in [1.82, 2.24) is 5.32 Å². The van der Waals surface area contributed by atoms with E-state index >= 15 is 0 Å². The Labute approximate surface area is 129 Å². The summed E-state index contributed by atoms with van der Waals surface area (Å²) in [5, 5.41) is 13.2. The minimum atomic E-state index is -0.680. The number of rotatable bonds is 7. The first kappa shape index (κ1) is 16.3. The fraction of sp³-hybridized carbons (Fsp3) is 0.294. The third kappa shape index (κ3) is 4.19. The molecule has 2 N–H and O–H groups in total. The summed E-state index contributed by atoms with van der Waals surface area (Å²) in [6.45, 7) is 0.957. The number of benzene rings is 2. The lowest BCUT2D eigenvalue weighted by atomic mass is 10.1. The normalized spacial score (nSPS) is 12.0. The van der Waals surface area contributed by atoms with E-state index < -0.39 is 6.10 Å². The van der Waals surface area contributed by atoms with Crippen molar-refractivity contribution in [3.63, 3.8) is 0 Å². The van der Waals surface area contributed by atoms with Gasteiger partial charge in [-0.15, -0.1) is 0 Å². The van der Waals surface area contributed by atoms with Crippen molar-refractivity contribution >= 4 is 0 Å². The Morgan fingerprint density at radius 1 is 1.05 bits per heavy atom. The zero-order valence-corrected chi connectivity index (χ0v) is 12.7. The van der Waals surface area contributed by atoms with E-state index in [2.05, 4.69) is 5.32 Å². The number of halogens is 1. The first-order valence-electron chi connectivity index (χ1n) is 6.99. The van der Waals surface area contributed by atoms with Crippen molar-refractivity contribution in [1.29, 1.82) is 0 Å². The van der Waals surface area contributed by atoms with Crippen LogP contribution in [0.2, 0.25) is 0 Å². The highest BCUT2D eigenvalue weighted by molar-refractivity contribution is 5.42. The van der Waals surface area contributed by atoms with Crippen molar-refractivity contribution in [2.75, 3.05) is 20.8 Å². The van der Waals surface area contributed by atoms with Gasteiger partial charge in [-0.2, -0.15) is 0 Å². The van der Waals surface area contributed by atoms with Crippen LogP contribution < -0.4 is 14.8 Å². The molecule has 0 aliphatic rings. The summed E-state index contributed by atoms with van der Waals surface area (Å²) in [5.74, 6) is 1.03. The molecule has 4 nitrogen and oxygen atoms in total. The molecule has 0 saturated heterocycles. The van der Waals surface area contributed by atoms with Crippen molar-refractivity contribution in [3.8, 4) is 11.5 Å². The number of nitrogens with one attached hydrogen (secondary N) is 1. The van der Waals surface area contributed by atoms with Gasteiger partial charge in [-0.25, -0.2) is 4.39 Å². The van der Waals surface area contributed by atoms with Crippen LogP contribution in [0, 0.1) is 5.82 Å². The summed E-state index contributed by atoms with van der Waals surface area (Å²) >= 11 is 0. The van der Waals surface area contributed by atoms with E-state index in [1.54, 1.807) is 26.4 Å². The molecule has 0 fully saturated rings. The van der Waals surface area contributed by atoms with Crippen molar-refractivity contribution in [3.05, 3.63) is 59.4 Å². The number of hydrogen-bond acceptors (Lipinski definition) is 4. The maximum absolute atomic E-state index is 12.8. The number of ether oxygens (including phenoxy) is 2. The van der Waals surface area contributed by atoms with Crippen LogP contribution in [0.1, 0.15) is 17.2 Å². The van der Waals surface area contributed by atoms with Crippen LogP contribution in [-0.4, -0.2) is 25.9 Å². The van der Waals surface area contributed by atoms with Gasteiger partial charge in [0.15, 0.2) is 11.5 Å². The summed E-state index contributed by atoms with van der Waals surface area (Å²) in [6, 6.07) is 11.5. The molecule has 2 rings (SSSR count). The maximum atomic E-state index is 12.8. The van der Waals surface area contributed by atoms with Gasteiger partial charge in [0.05, 0.1) is 20.3 Å². The number of methoxy groups -OCH3 is 2. The summed E-state index contributed by atoms with van der Waals surface area (Å²) in [5.41, 5.74) is 1.70. The highest BCUT2D eigenvalue weighted by Crippen LogP contribution is 2.27. The molecule has 0 radical (unpaired) electrons. The van der Waals surface area contributed by atoms with Gasteiger partial charge in [0.25, 0.3) is 0 Å². The molecule has 1 atom stereocenters. The fourth-order valence-electron chi connectivity index (χ4n) is 2.15. The van der Waals surface area contributed by atoms with E-state index in [4.69, 9.17) is 9.47 Å². The molecule has 0 aliphatic carbocycles. The van der Waals surface area contributed by atoms with Crippen LogP contribution in [0.3, 0.4) is 0 Å². The molecule has 0 aliphatic heterocycles. The van der Waals surface area contributed by atoms with Gasteiger partial charge in [0.2, 0.25) is 0 Å². The third-order valence-electron chi connectivity index (χ3n) is 3.37. The Hall–Kier alpha value is -2.11. The van der Waals surface area contributed by atoms with E-state index in [9.17, 15) is 9.50 Å². The van der Waals surface area contributed by atoms with Crippen LogP contribution in [0.5, 0.6) is 11.5 Å². The smallest absolute Gasteiger partial charge is 0.161 e. The van der Waals surface area contributed by atoms with E-state index in [0.717, 1.165) is 5.56 Å². The Balaban J connectivity index is 1.89. The molecule has 2 aromatic carbocycles. The van der Waals surface area contributed by atoms with Crippen LogP contribution in [0.15, 0.2) is 42.5 Å². The first-order valence-corrected chi connectivity index (χ1v) is 6.99. The molecule has 0 bridgehead atoms. The molecule has 5 heteroatoms. The lowest BCUT2D eigenvalue weighted by Crippen LogP contribution is -2.21. The van der Waals surface area contributed by atoms with Crippen molar-refractivity contribution < 1.29 is 19.0 Å². The molecule has 118 valence electrons. The number of hydrogen-bond donors (Lipinski definition) is 2. The molecule has 1 unspecified atom stereocenters. The fourth-order valence-corrected chi connectivity index (χ4v) is 2.15. The van der Waals surface area contributed by atoms with Gasteiger partial charge in [-0.1, -0.05) is 18.2 Å². The van der Waals surface area contributed by atoms with Crippen molar-refractivity contribution in [2.24, 2.45) is 0 Å². The standard InChI is InChI=1S/C17H20FNO3/c1-21-16-8-3-12(9-17(16)22-2)10-19-11-15(20)13-4-6-14(18)7-5-13/h3-9,15,19-20H,10-11H2,1-2H3. The average molecular weight is 305 g/mol. The third-order valence-corrected chi connectivity index (χ3v) is 3.37. The topological polar surface area (TPSA) is 50.7 Å². The molecule has 22 heavy (non-hydrogen) atoms. The largest absolute Gasteiger partial charge is 0.493 e. The van der Waals surface area contributed by atoms with Gasteiger partial charge >= 0.3 is 0 Å². The Kier molecular flexibility index (Phi) is 5.75. The molecular weight excluding hydrogens is 285 g/mol. The Bertz CT molecular complexity index is 601. The van der Waals surface area contributed by atoms with Gasteiger partial charge < -0.3 is 19.9 Å². The summed E-state index contributed by atoms with van der Waals surface area (Å²) in [6.07, 6.45) is -0.680. The average Bonchev–Trinajstić information content (AvgIpc) is 2.55. The molecule has 2 aromatic rings. The zero-order chi connectivity index (χ0) is 15.9. The van der Waals surface area contributed by atoms with E-state index in [-0.39, 0.29) is 5.82 Å². The van der Waals surface area contributed by atoms with Crippen LogP contribution in [-0.2, 0) is 6.54 Å². The highest BCUT2D eigenvalue weighted by atomic mass is 19.1. The summed E-state index contributed by atoms with van der Waals surface area (Å²) < 4.78 is 23.3. The predicted molar refractivity (Wildman–Crippen MR) is 82.6 cm³/mol. The molecule has 0 aromatic heterocycles. The minimum absolute atomic E-state index is 0.311. The quantitative estimate of drug-likeness (QED) is 0.826. The van der Waals surface area contributed by atoms with E-state index in [1.807, 2.05) is 18.2 Å². The molecule has 0 amide bonds. The lowest BCUT2D eigenvalue weighted by molar-refractivity contribution is 0.174. The summed E-state index contributed by atoms with van der Waals surface area (Å²) in [4.78, 5) is 0. The molecular formula is C17H20FNO3. The number of aliphatic hydroxyl groups excluding tert-OH is 1. The van der Waals surface area contributed by atoms with E-state index in [1.165, 1.54) is 12.1 Å². The Morgan fingerprint density at radius 3 is 2.36 bits per heavy atom. The second-order valence-electron chi connectivity index (χ2n) is 4.89.